The van der Waals surface area contributed by atoms with Crippen LogP contribution in [0.1, 0.15) is 43.0 Å². The van der Waals surface area contributed by atoms with Gasteiger partial charge in [0.15, 0.2) is 6.61 Å². The number of rotatable bonds is 12. The molecule has 12 heteroatoms. The van der Waals surface area contributed by atoms with E-state index >= 15 is 0 Å². The molecule has 0 aromatic heterocycles. The van der Waals surface area contributed by atoms with Crippen molar-refractivity contribution >= 4 is 40.8 Å². The number of nitrogens with zero attached hydrogens (tertiary/aromatic N) is 2. The van der Waals surface area contributed by atoms with Gasteiger partial charge in [0.1, 0.15) is 11.4 Å². The number of ether oxygens (including phenoxy) is 3. The molecule has 1 saturated heterocycles. The highest BCUT2D eigenvalue weighted by Gasteiger charge is 2.36. The normalized spacial score (nSPS) is 14.6. The number of nitrogens with one attached hydrogen (secondary N) is 1. The number of anilines is 2. The molecule has 2 aromatic carbocycles. The first kappa shape index (κ1) is 28.1. The molecule has 2 amide bonds. The summed E-state index contributed by atoms with van der Waals surface area (Å²) < 4.78 is 15.3. The highest BCUT2D eigenvalue weighted by Crippen LogP contribution is 2.29. The van der Waals surface area contributed by atoms with Gasteiger partial charge in [-0.1, -0.05) is 19.8 Å². The lowest BCUT2D eigenvalue weighted by molar-refractivity contribution is -0.383. The number of hydrogen-bond acceptors (Lipinski definition) is 9. The molecule has 38 heavy (non-hydrogen) atoms. The van der Waals surface area contributed by atoms with Crippen LogP contribution in [-0.2, 0) is 23.9 Å². The van der Waals surface area contributed by atoms with E-state index in [9.17, 15) is 29.3 Å². The van der Waals surface area contributed by atoms with E-state index in [0.29, 0.717) is 23.6 Å². The molecule has 0 spiro atoms. The van der Waals surface area contributed by atoms with E-state index in [2.05, 4.69) is 12.2 Å². The fourth-order valence-electron chi connectivity index (χ4n) is 3.83. The minimum atomic E-state index is -0.801. The average Bonchev–Trinajstić information content (AvgIpc) is 3.31. The van der Waals surface area contributed by atoms with Crippen molar-refractivity contribution in [1.29, 1.82) is 0 Å². The summed E-state index contributed by atoms with van der Waals surface area (Å²) in [6.07, 6.45) is 2.68. The smallest absolute Gasteiger partial charge is 0.338 e. The number of amides is 2. The van der Waals surface area contributed by atoms with Gasteiger partial charge >= 0.3 is 11.9 Å². The van der Waals surface area contributed by atoms with Gasteiger partial charge in [-0.05, 0) is 36.8 Å². The van der Waals surface area contributed by atoms with E-state index in [1.54, 1.807) is 24.3 Å². The zero-order valence-corrected chi connectivity index (χ0v) is 21.1. The van der Waals surface area contributed by atoms with Crippen molar-refractivity contribution in [1.82, 2.24) is 0 Å². The molecule has 0 aliphatic carbocycles. The molecular formula is C26H29N3O9. The molecule has 1 heterocycles. The van der Waals surface area contributed by atoms with Gasteiger partial charge in [-0.25, -0.2) is 4.79 Å². The minimum Gasteiger partial charge on any atom is -0.497 e. The Hall–Kier alpha value is -4.48. The van der Waals surface area contributed by atoms with Gasteiger partial charge in [0.05, 0.1) is 30.1 Å². The SMILES string of the molecule is CCCCCOC(=O)c1ccc(N2C[C@@H](C(=O)OCC(=O)Nc3cc(OC)ccc3[N+](=O)[O-])CC2=O)cc1. The number of unbranched alkanes of at least 4 members (excludes halogenated alkanes) is 2. The summed E-state index contributed by atoms with van der Waals surface area (Å²) in [4.78, 5) is 61.4. The number of hydrogen-bond donors (Lipinski definition) is 1. The molecule has 0 radical (unpaired) electrons. The van der Waals surface area contributed by atoms with Gasteiger partial charge in [0, 0.05) is 30.8 Å². The fraction of sp³-hybridized carbons (Fsp3) is 0.385. The van der Waals surface area contributed by atoms with E-state index < -0.39 is 35.3 Å². The first-order chi connectivity index (χ1) is 18.2. The zero-order chi connectivity index (χ0) is 27.7. The zero-order valence-electron chi connectivity index (χ0n) is 21.1. The summed E-state index contributed by atoms with van der Waals surface area (Å²) in [5.74, 6) is -2.79. The summed E-state index contributed by atoms with van der Waals surface area (Å²) >= 11 is 0. The molecule has 1 aliphatic heterocycles. The molecular weight excluding hydrogens is 498 g/mol. The van der Waals surface area contributed by atoms with Gasteiger partial charge < -0.3 is 24.4 Å². The molecule has 1 N–H and O–H groups in total. The van der Waals surface area contributed by atoms with Gasteiger partial charge in [0.2, 0.25) is 5.91 Å². The molecule has 12 nitrogen and oxygen atoms in total. The highest BCUT2D eigenvalue weighted by molar-refractivity contribution is 6.00. The summed E-state index contributed by atoms with van der Waals surface area (Å²) in [5, 5.41) is 13.5. The van der Waals surface area contributed by atoms with E-state index in [1.807, 2.05) is 0 Å². The Kier molecular flexibility index (Phi) is 9.74. The molecule has 0 unspecified atom stereocenters. The topological polar surface area (TPSA) is 154 Å². The molecule has 0 bridgehead atoms. The minimum absolute atomic E-state index is 0.0431. The molecule has 1 aliphatic rings. The lowest BCUT2D eigenvalue weighted by Gasteiger charge is -2.17. The predicted molar refractivity (Wildman–Crippen MR) is 136 cm³/mol. The highest BCUT2D eigenvalue weighted by atomic mass is 16.6. The third-order valence-electron chi connectivity index (χ3n) is 5.87. The summed E-state index contributed by atoms with van der Waals surface area (Å²) in [7, 11) is 1.37. The molecule has 2 aromatic rings. The predicted octanol–water partition coefficient (Wildman–Crippen LogP) is 3.49. The monoisotopic (exact) mass is 527 g/mol. The lowest BCUT2D eigenvalue weighted by Crippen LogP contribution is -2.28. The van der Waals surface area contributed by atoms with Crippen molar-refractivity contribution < 1.29 is 38.3 Å². The van der Waals surface area contributed by atoms with Crippen LogP contribution < -0.4 is 15.0 Å². The van der Waals surface area contributed by atoms with Crippen LogP contribution in [0.15, 0.2) is 42.5 Å². The standard InChI is InChI=1S/C26H29N3O9/c1-3-4-5-12-37-25(32)17-6-8-19(9-7-17)28-15-18(13-24(28)31)26(33)38-16-23(30)27-21-14-20(36-2)10-11-22(21)29(34)35/h6-11,14,18H,3-5,12-13,15-16H2,1-2H3,(H,27,30)/t18-/m0/s1. The number of benzene rings is 2. The Morgan fingerprint density at radius 2 is 1.84 bits per heavy atom. The van der Waals surface area contributed by atoms with Crippen LogP contribution in [0.4, 0.5) is 17.1 Å². The van der Waals surface area contributed by atoms with E-state index in [-0.39, 0.29) is 30.2 Å². The maximum atomic E-state index is 12.5. The molecule has 1 fully saturated rings. The fourth-order valence-corrected chi connectivity index (χ4v) is 3.83. The third kappa shape index (κ3) is 7.28. The second kappa shape index (κ2) is 13.2. The number of carbonyl (C=O) groups is 4. The maximum absolute atomic E-state index is 12.5. The van der Waals surface area contributed by atoms with Crippen LogP contribution in [0, 0.1) is 16.0 Å². The van der Waals surface area contributed by atoms with E-state index in [4.69, 9.17) is 14.2 Å². The Morgan fingerprint density at radius 3 is 2.50 bits per heavy atom. The Morgan fingerprint density at radius 1 is 1.11 bits per heavy atom. The second-order valence-corrected chi connectivity index (χ2v) is 8.59. The van der Waals surface area contributed by atoms with E-state index in [0.717, 1.165) is 19.3 Å². The second-order valence-electron chi connectivity index (χ2n) is 8.59. The van der Waals surface area contributed by atoms with Crippen LogP contribution in [0.3, 0.4) is 0 Å². The summed E-state index contributed by atoms with van der Waals surface area (Å²) in [6.45, 7) is 1.76. The van der Waals surface area contributed by atoms with Crippen molar-refractivity contribution in [2.24, 2.45) is 5.92 Å². The van der Waals surface area contributed by atoms with Crippen LogP contribution in [0.25, 0.3) is 0 Å². The largest absolute Gasteiger partial charge is 0.497 e. The first-order valence-corrected chi connectivity index (χ1v) is 12.1. The molecule has 0 saturated carbocycles. The first-order valence-electron chi connectivity index (χ1n) is 12.1. The van der Waals surface area contributed by atoms with Crippen LogP contribution >= 0.6 is 0 Å². The van der Waals surface area contributed by atoms with Gasteiger partial charge in [0.25, 0.3) is 11.6 Å². The Balaban J connectivity index is 1.52. The Bertz CT molecular complexity index is 1200. The Labute approximate surface area is 219 Å². The van der Waals surface area contributed by atoms with E-state index in [1.165, 1.54) is 30.2 Å². The van der Waals surface area contributed by atoms with Gasteiger partial charge in [-0.3, -0.25) is 24.5 Å². The van der Waals surface area contributed by atoms with Crippen molar-refractivity contribution in [3.8, 4) is 5.75 Å². The third-order valence-corrected chi connectivity index (χ3v) is 5.87. The molecule has 1 atom stereocenters. The average molecular weight is 528 g/mol. The van der Waals surface area contributed by atoms with Crippen molar-refractivity contribution in [3.63, 3.8) is 0 Å². The summed E-state index contributed by atoms with van der Waals surface area (Å²) in [6, 6.07) is 10.2. The van der Waals surface area contributed by atoms with Crippen LogP contribution in [-0.4, -0.2) is 55.5 Å². The van der Waals surface area contributed by atoms with Gasteiger partial charge in [-0.15, -0.1) is 0 Å². The number of esters is 2. The lowest BCUT2D eigenvalue weighted by atomic mass is 10.1. The van der Waals surface area contributed by atoms with Gasteiger partial charge in [-0.2, -0.15) is 0 Å². The number of nitro benzene ring substituents is 1. The number of methoxy groups -OCH3 is 1. The van der Waals surface area contributed by atoms with Crippen molar-refractivity contribution in [2.45, 2.75) is 32.6 Å². The molecule has 202 valence electrons. The maximum Gasteiger partial charge on any atom is 0.338 e. The van der Waals surface area contributed by atoms with Crippen molar-refractivity contribution in [3.05, 3.63) is 58.1 Å². The summed E-state index contributed by atoms with van der Waals surface area (Å²) in [5.41, 5.74) is 0.412. The number of carbonyl (C=O) groups excluding carboxylic acids is 4. The molecule has 3 rings (SSSR count). The van der Waals surface area contributed by atoms with Crippen molar-refractivity contribution in [2.75, 3.05) is 37.1 Å². The van der Waals surface area contributed by atoms with Crippen LogP contribution in [0.5, 0.6) is 5.75 Å². The number of nitro groups is 1. The quantitative estimate of drug-likeness (QED) is 0.189. The van der Waals surface area contributed by atoms with Crippen LogP contribution in [0.2, 0.25) is 0 Å².